The lowest BCUT2D eigenvalue weighted by Crippen LogP contribution is -2.39. The van der Waals surface area contributed by atoms with E-state index in [1.807, 2.05) is 53.9 Å². The summed E-state index contributed by atoms with van der Waals surface area (Å²) >= 11 is 8.19. The van der Waals surface area contributed by atoms with Crippen molar-refractivity contribution in [2.24, 2.45) is 0 Å². The van der Waals surface area contributed by atoms with Crippen molar-refractivity contribution >= 4 is 57.5 Å². The lowest BCUT2D eigenvalue weighted by Gasteiger charge is -2.17. The zero-order valence-corrected chi connectivity index (χ0v) is 18.2. The van der Waals surface area contributed by atoms with Gasteiger partial charge in [-0.15, -0.1) is 11.3 Å². The van der Waals surface area contributed by atoms with E-state index >= 15 is 0 Å². The fraction of sp³-hybridized carbons (Fsp3) is 0.286. The van der Waals surface area contributed by atoms with Crippen LogP contribution in [0.15, 0.2) is 52.7 Å². The first-order valence-corrected chi connectivity index (χ1v) is 11.4. The van der Waals surface area contributed by atoms with E-state index < -0.39 is 0 Å². The summed E-state index contributed by atoms with van der Waals surface area (Å²) in [6, 6.07) is 13.3. The number of hydrogen-bond acceptors (Lipinski definition) is 6. The minimum atomic E-state index is -0.324. The largest absolute Gasteiger partial charge is 0.394 e. The number of aliphatic hydroxyl groups excluding tert-OH is 1. The molecule has 0 aliphatic carbocycles. The van der Waals surface area contributed by atoms with Gasteiger partial charge in [-0.1, -0.05) is 60.4 Å². The highest BCUT2D eigenvalue weighted by Crippen LogP contribution is 2.33. The van der Waals surface area contributed by atoms with Crippen molar-refractivity contribution in [2.75, 3.05) is 13.2 Å². The number of nitrogens with zero attached hydrogens (tertiary/aromatic N) is 1. The number of benzene rings is 1. The Labute approximate surface area is 183 Å². The van der Waals surface area contributed by atoms with Crippen molar-refractivity contribution in [2.45, 2.75) is 25.3 Å². The van der Waals surface area contributed by atoms with Gasteiger partial charge in [0.1, 0.15) is 4.32 Å². The van der Waals surface area contributed by atoms with Crippen LogP contribution < -0.4 is 5.32 Å². The van der Waals surface area contributed by atoms with Gasteiger partial charge in [0, 0.05) is 17.8 Å². The second kappa shape index (κ2) is 10.7. The van der Waals surface area contributed by atoms with Crippen LogP contribution in [0.5, 0.6) is 0 Å². The molecule has 8 heteroatoms. The fourth-order valence-corrected chi connectivity index (χ4v) is 4.98. The minimum Gasteiger partial charge on any atom is -0.394 e. The molecule has 1 aromatic carbocycles. The Kier molecular flexibility index (Phi) is 8.00. The average Bonchev–Trinajstić information content (AvgIpc) is 3.32. The molecule has 152 valence electrons. The molecule has 2 N–H and O–H groups in total. The molecular formula is C21H22N2O3S3. The van der Waals surface area contributed by atoms with Gasteiger partial charge in [0.05, 0.1) is 17.6 Å². The van der Waals surface area contributed by atoms with Gasteiger partial charge >= 0.3 is 0 Å². The molecule has 1 saturated heterocycles. The average molecular weight is 447 g/mol. The molecule has 0 spiro atoms. The quantitative estimate of drug-likeness (QED) is 0.456. The maximum Gasteiger partial charge on any atom is 0.266 e. The van der Waals surface area contributed by atoms with E-state index in [-0.39, 0.29) is 30.9 Å². The first kappa shape index (κ1) is 21.7. The molecule has 0 unspecified atom stereocenters. The Bertz CT molecular complexity index is 882. The van der Waals surface area contributed by atoms with Gasteiger partial charge in [0.15, 0.2) is 0 Å². The zero-order valence-electron chi connectivity index (χ0n) is 15.7. The molecule has 0 radical (unpaired) electrons. The highest BCUT2D eigenvalue weighted by Gasteiger charge is 2.31. The van der Waals surface area contributed by atoms with E-state index in [2.05, 4.69) is 5.32 Å². The van der Waals surface area contributed by atoms with E-state index in [0.717, 1.165) is 10.4 Å². The molecule has 1 fully saturated rings. The Morgan fingerprint density at radius 3 is 2.72 bits per heavy atom. The number of nitrogens with one attached hydrogen (secondary N) is 1. The molecule has 3 rings (SSSR count). The van der Waals surface area contributed by atoms with Crippen LogP contribution in [-0.2, 0) is 16.0 Å². The highest BCUT2D eigenvalue weighted by atomic mass is 32.2. The van der Waals surface area contributed by atoms with Gasteiger partial charge in [-0.25, -0.2) is 0 Å². The smallest absolute Gasteiger partial charge is 0.266 e. The molecule has 1 aromatic heterocycles. The molecule has 1 aliphatic rings. The maximum atomic E-state index is 12.6. The van der Waals surface area contributed by atoms with Crippen molar-refractivity contribution in [3.05, 3.63) is 63.2 Å². The van der Waals surface area contributed by atoms with Crippen LogP contribution in [0.1, 0.15) is 23.3 Å². The van der Waals surface area contributed by atoms with Crippen molar-refractivity contribution in [3.63, 3.8) is 0 Å². The molecule has 1 atom stereocenters. The van der Waals surface area contributed by atoms with Crippen molar-refractivity contribution in [3.8, 4) is 0 Å². The van der Waals surface area contributed by atoms with Crippen LogP contribution in [-0.4, -0.2) is 45.3 Å². The molecule has 2 aromatic rings. The third-order valence-corrected chi connectivity index (χ3v) is 6.58. The number of aliphatic hydroxyl groups is 1. The summed E-state index contributed by atoms with van der Waals surface area (Å²) in [5.41, 5.74) is 1.06. The fourth-order valence-electron chi connectivity index (χ4n) is 2.95. The number of thiocarbonyl (C=S) groups is 1. The predicted octanol–water partition coefficient (Wildman–Crippen LogP) is 3.45. The first-order valence-electron chi connectivity index (χ1n) is 9.30. The van der Waals surface area contributed by atoms with Crippen LogP contribution in [0.3, 0.4) is 0 Å². The van der Waals surface area contributed by atoms with Crippen LogP contribution in [0, 0.1) is 0 Å². The summed E-state index contributed by atoms with van der Waals surface area (Å²) in [6.07, 6.45) is 3.21. The SMILES string of the molecule is O=C(CCCN1C(=O)/C(=C/c2cccs2)SC1=S)N[C@@H](CO)Cc1ccccc1. The summed E-state index contributed by atoms with van der Waals surface area (Å²) in [4.78, 5) is 28.0. The molecule has 2 heterocycles. The molecular weight excluding hydrogens is 424 g/mol. The van der Waals surface area contributed by atoms with E-state index in [1.54, 1.807) is 16.2 Å². The Balaban J connectivity index is 1.46. The lowest BCUT2D eigenvalue weighted by atomic mass is 10.1. The van der Waals surface area contributed by atoms with E-state index in [0.29, 0.717) is 28.6 Å². The number of carbonyl (C=O) groups is 2. The summed E-state index contributed by atoms with van der Waals surface area (Å²) in [6.45, 7) is 0.283. The third-order valence-electron chi connectivity index (χ3n) is 4.39. The van der Waals surface area contributed by atoms with E-state index in [4.69, 9.17) is 12.2 Å². The topological polar surface area (TPSA) is 69.6 Å². The number of hydrogen-bond donors (Lipinski definition) is 2. The van der Waals surface area contributed by atoms with Crippen molar-refractivity contribution in [1.29, 1.82) is 0 Å². The Hall–Kier alpha value is -2.00. The third kappa shape index (κ3) is 6.24. The highest BCUT2D eigenvalue weighted by molar-refractivity contribution is 8.26. The van der Waals surface area contributed by atoms with Gasteiger partial charge < -0.3 is 10.4 Å². The Morgan fingerprint density at radius 1 is 1.24 bits per heavy atom. The second-order valence-electron chi connectivity index (χ2n) is 6.59. The standard InChI is InChI=1S/C21H22N2O3S3/c24-14-16(12-15-6-2-1-3-7-15)22-19(25)9-4-10-23-20(26)18(29-21(23)27)13-17-8-5-11-28-17/h1-3,5-8,11,13,16,24H,4,9-10,12,14H2,(H,22,25)/b18-13-/t16-/m1/s1. The molecule has 29 heavy (non-hydrogen) atoms. The molecule has 0 bridgehead atoms. The lowest BCUT2D eigenvalue weighted by molar-refractivity contribution is -0.124. The number of rotatable bonds is 9. The van der Waals surface area contributed by atoms with Crippen molar-refractivity contribution in [1.82, 2.24) is 10.2 Å². The maximum absolute atomic E-state index is 12.6. The van der Waals surface area contributed by atoms with Gasteiger partial charge in [-0.05, 0) is 35.9 Å². The summed E-state index contributed by atoms with van der Waals surface area (Å²) < 4.78 is 0.524. The van der Waals surface area contributed by atoms with Gasteiger partial charge in [-0.3, -0.25) is 14.5 Å². The van der Waals surface area contributed by atoms with E-state index in [1.165, 1.54) is 11.8 Å². The predicted molar refractivity (Wildman–Crippen MR) is 123 cm³/mol. The summed E-state index contributed by atoms with van der Waals surface area (Å²) in [7, 11) is 0. The molecule has 1 aliphatic heterocycles. The van der Waals surface area contributed by atoms with Gasteiger partial charge in [-0.2, -0.15) is 0 Å². The Morgan fingerprint density at radius 2 is 2.03 bits per heavy atom. The number of thioether (sulfide) groups is 1. The molecule has 5 nitrogen and oxygen atoms in total. The van der Waals surface area contributed by atoms with E-state index in [9.17, 15) is 14.7 Å². The van der Waals surface area contributed by atoms with Gasteiger partial charge in [0.25, 0.3) is 5.91 Å². The number of carbonyl (C=O) groups excluding carboxylic acids is 2. The summed E-state index contributed by atoms with van der Waals surface area (Å²) in [5, 5.41) is 14.4. The molecule has 0 saturated carbocycles. The van der Waals surface area contributed by atoms with Crippen molar-refractivity contribution < 1.29 is 14.7 Å². The van der Waals surface area contributed by atoms with Crippen LogP contribution in [0.25, 0.3) is 6.08 Å². The monoisotopic (exact) mass is 446 g/mol. The van der Waals surface area contributed by atoms with Crippen LogP contribution in [0.2, 0.25) is 0 Å². The minimum absolute atomic E-state index is 0.105. The second-order valence-corrected chi connectivity index (χ2v) is 9.24. The van der Waals surface area contributed by atoms with Gasteiger partial charge in [0.2, 0.25) is 5.91 Å². The molecule has 2 amide bonds. The zero-order chi connectivity index (χ0) is 20.6. The summed E-state index contributed by atoms with van der Waals surface area (Å²) in [5.74, 6) is -0.245. The number of amides is 2. The normalized spacial score (nSPS) is 16.4. The van der Waals surface area contributed by atoms with Crippen LogP contribution >= 0.6 is 35.3 Å². The van der Waals surface area contributed by atoms with Crippen LogP contribution in [0.4, 0.5) is 0 Å². The first-order chi connectivity index (χ1) is 14.1. The number of thiophene rings is 1.